The predicted octanol–water partition coefficient (Wildman–Crippen LogP) is 2.27. The largest absolute Gasteiger partial charge is 1.00 e. The molecular weight excluding hydrogens is 339 g/mol. The van der Waals surface area contributed by atoms with E-state index < -0.39 is 10.0 Å². The summed E-state index contributed by atoms with van der Waals surface area (Å²) in [6.45, 7) is 1.91. The van der Waals surface area contributed by atoms with Crippen molar-refractivity contribution in [1.82, 2.24) is 0 Å². The first-order chi connectivity index (χ1) is 12.0. The molecule has 0 bridgehead atoms. The Bertz CT molecular complexity index is 770. The minimum Gasteiger partial charge on any atom is -0.490 e. The van der Waals surface area contributed by atoms with E-state index in [4.69, 9.17) is 0 Å². The second-order valence-corrected chi connectivity index (χ2v) is 8.65. The van der Waals surface area contributed by atoms with Gasteiger partial charge in [-0.15, -0.1) is 0 Å². The first-order valence-electron chi connectivity index (χ1n) is 8.99. The van der Waals surface area contributed by atoms with E-state index in [0.29, 0.717) is 5.71 Å². The Morgan fingerprint density at radius 1 is 0.923 bits per heavy atom. The third-order valence-corrected chi connectivity index (χ3v) is 6.20. The fourth-order valence-electron chi connectivity index (χ4n) is 3.44. The molecule has 1 aromatic rings. The fraction of sp³-hybridized carbons (Fsp3) is 0.450. The van der Waals surface area contributed by atoms with E-state index in [1.54, 1.807) is 24.3 Å². The van der Waals surface area contributed by atoms with Gasteiger partial charge in [0.2, 0.25) is 0 Å². The molecule has 26 heavy (non-hydrogen) atoms. The molecule has 2 aliphatic carbocycles. The second kappa shape index (κ2) is 9.08. The van der Waals surface area contributed by atoms with Crippen LogP contribution in [-0.2, 0) is 10.0 Å². The third kappa shape index (κ3) is 5.36. The molecule has 0 aliphatic heterocycles. The van der Waals surface area contributed by atoms with Crippen LogP contribution in [0.2, 0.25) is 0 Å². The predicted molar refractivity (Wildman–Crippen MR) is 102 cm³/mol. The van der Waals surface area contributed by atoms with E-state index in [0.717, 1.165) is 18.4 Å². The summed E-state index contributed by atoms with van der Waals surface area (Å²) in [7, 11) is -3.75. The van der Waals surface area contributed by atoms with Gasteiger partial charge in [-0.1, -0.05) is 62.0 Å². The van der Waals surface area contributed by atoms with Crippen molar-refractivity contribution in [2.75, 3.05) is 0 Å². The van der Waals surface area contributed by atoms with E-state index in [1.807, 2.05) is 19.1 Å². The molecule has 0 atom stereocenters. The van der Waals surface area contributed by atoms with Gasteiger partial charge in [-0.2, -0.15) is 0 Å². The normalized spacial score (nSPS) is 19.3. The van der Waals surface area contributed by atoms with Crippen LogP contribution in [0, 0.1) is 12.3 Å². The van der Waals surface area contributed by atoms with Crippen molar-refractivity contribution in [2.24, 2.45) is 10.5 Å². The van der Waals surface area contributed by atoms with Crippen LogP contribution >= 0.6 is 0 Å². The Kier molecular flexibility index (Phi) is 7.34. The van der Waals surface area contributed by atoms with Gasteiger partial charge in [0.15, 0.2) is 0 Å². The molecule has 1 fully saturated rings. The van der Waals surface area contributed by atoms with Crippen molar-refractivity contribution in [3.05, 3.63) is 59.0 Å². The quantitative estimate of drug-likeness (QED) is 0.610. The zero-order valence-electron chi connectivity index (χ0n) is 15.7. The van der Waals surface area contributed by atoms with E-state index in [2.05, 4.69) is 22.1 Å². The maximum Gasteiger partial charge on any atom is 1.00 e. The second-order valence-electron chi connectivity index (χ2n) is 7.06. The topological polar surface area (TPSA) is 60.6 Å². The van der Waals surface area contributed by atoms with Crippen LogP contribution in [-0.4, -0.2) is 14.1 Å². The molecule has 1 saturated carbocycles. The molecule has 0 N–H and O–H groups in total. The smallest absolute Gasteiger partial charge is 0.490 e. The van der Waals surface area contributed by atoms with Gasteiger partial charge in [0.25, 0.3) is 0 Å². The molecular formula is C20H25LiN2O2S. The average Bonchev–Trinajstić information content (AvgIpc) is 2.58. The van der Waals surface area contributed by atoms with E-state index in [9.17, 15) is 8.42 Å². The van der Waals surface area contributed by atoms with Crippen LogP contribution in [0.1, 0.15) is 50.5 Å². The van der Waals surface area contributed by atoms with Gasteiger partial charge in [-0.25, -0.2) is 8.42 Å². The molecule has 134 valence electrons. The number of aryl methyl sites for hydroxylation is 1. The van der Waals surface area contributed by atoms with E-state index in [-0.39, 0.29) is 29.2 Å². The minimum atomic E-state index is -3.75. The number of sulfonamides is 1. The van der Waals surface area contributed by atoms with Crippen LogP contribution in [0.5, 0.6) is 0 Å². The van der Waals surface area contributed by atoms with Crippen molar-refractivity contribution >= 4 is 15.7 Å². The number of hydrogen-bond acceptors (Lipinski definition) is 3. The van der Waals surface area contributed by atoms with Gasteiger partial charge >= 0.3 is 18.9 Å². The maximum atomic E-state index is 12.2. The molecule has 0 aromatic heterocycles. The van der Waals surface area contributed by atoms with Crippen LogP contribution in [0.3, 0.4) is 0 Å². The van der Waals surface area contributed by atoms with Crippen molar-refractivity contribution in [3.63, 3.8) is 0 Å². The van der Waals surface area contributed by atoms with Crippen LogP contribution in [0.25, 0.3) is 4.83 Å². The maximum absolute atomic E-state index is 12.2. The molecule has 2 aliphatic rings. The Labute approximate surface area is 169 Å². The van der Waals surface area contributed by atoms with Crippen LogP contribution < -0.4 is 18.9 Å². The van der Waals surface area contributed by atoms with Crippen LogP contribution in [0.15, 0.2) is 58.6 Å². The first kappa shape index (κ1) is 21.0. The Morgan fingerprint density at radius 2 is 1.46 bits per heavy atom. The molecule has 0 unspecified atom stereocenters. The molecule has 0 radical (unpaired) electrons. The summed E-state index contributed by atoms with van der Waals surface area (Å²) in [5.74, 6) is 0. The molecule has 4 nitrogen and oxygen atoms in total. The summed E-state index contributed by atoms with van der Waals surface area (Å²) in [5, 5.41) is 3.95. The van der Waals surface area contributed by atoms with Gasteiger partial charge < -0.3 is 9.93 Å². The van der Waals surface area contributed by atoms with Crippen LogP contribution in [0.4, 0.5) is 0 Å². The van der Waals surface area contributed by atoms with Gasteiger partial charge in [0, 0.05) is 11.1 Å². The number of nitrogens with zero attached hydrogens (tertiary/aromatic N) is 2. The number of benzene rings is 1. The standard InChI is InChI=1S/C20H25N2O2S.Li/c1-17-7-9-19(10-8-17)25(23,24)22-21-18-11-15-20(16-12-18)13-5-3-2-4-6-14-20;/h7-12,15-16H,2-6,13-14H2,1H3;/q-1;+1. The molecule has 0 saturated heterocycles. The monoisotopic (exact) mass is 364 g/mol. The minimum absolute atomic E-state index is 0. The molecule has 1 aromatic carbocycles. The summed E-state index contributed by atoms with van der Waals surface area (Å²) in [4.78, 5) is 3.77. The zero-order chi connectivity index (χ0) is 17.8. The van der Waals surface area contributed by atoms with E-state index in [1.165, 1.54) is 32.1 Å². The SMILES string of the molecule is Cc1ccc(S(=O)(=O)[N-]N=C2C=CC3(C=C2)CCCCCCC3)cc1.[Li+]. The summed E-state index contributed by atoms with van der Waals surface area (Å²) in [6, 6.07) is 6.64. The fourth-order valence-corrected chi connectivity index (χ4v) is 4.21. The molecule has 0 amide bonds. The van der Waals surface area contributed by atoms with Crippen molar-refractivity contribution < 1.29 is 27.3 Å². The van der Waals surface area contributed by atoms with Gasteiger partial charge in [-0.3, -0.25) is 0 Å². The Morgan fingerprint density at radius 3 is 2.04 bits per heavy atom. The zero-order valence-corrected chi connectivity index (χ0v) is 16.5. The van der Waals surface area contributed by atoms with Crippen molar-refractivity contribution in [1.29, 1.82) is 0 Å². The number of allylic oxidation sites excluding steroid dienone is 4. The summed E-state index contributed by atoms with van der Waals surface area (Å²) in [6.07, 6.45) is 16.9. The molecule has 6 heteroatoms. The van der Waals surface area contributed by atoms with Crippen molar-refractivity contribution in [2.45, 2.75) is 56.8 Å². The average molecular weight is 364 g/mol. The molecule has 3 rings (SSSR count). The van der Waals surface area contributed by atoms with Crippen molar-refractivity contribution in [3.8, 4) is 0 Å². The first-order valence-corrected chi connectivity index (χ1v) is 10.4. The molecule has 1 spiro atoms. The van der Waals surface area contributed by atoms with Gasteiger partial charge in [0.05, 0.1) is 4.90 Å². The van der Waals surface area contributed by atoms with Gasteiger partial charge in [-0.05, 0) is 44.1 Å². The number of hydrogen-bond donors (Lipinski definition) is 0. The summed E-state index contributed by atoms with van der Waals surface area (Å²) in [5.41, 5.74) is 1.71. The number of rotatable bonds is 3. The Balaban J connectivity index is 0.00000243. The summed E-state index contributed by atoms with van der Waals surface area (Å²) < 4.78 is 24.5. The Hall–Kier alpha value is -1.28. The molecule has 0 heterocycles. The van der Waals surface area contributed by atoms with Gasteiger partial charge in [0.1, 0.15) is 10.0 Å². The van der Waals surface area contributed by atoms with E-state index >= 15 is 0 Å². The summed E-state index contributed by atoms with van der Waals surface area (Å²) >= 11 is 0. The third-order valence-electron chi connectivity index (χ3n) is 5.04.